The van der Waals surface area contributed by atoms with Gasteiger partial charge in [0, 0.05) is 31.9 Å². The molecule has 116 valence electrons. The van der Waals surface area contributed by atoms with Gasteiger partial charge >= 0.3 is 0 Å². The van der Waals surface area contributed by atoms with Crippen LogP contribution >= 0.6 is 0 Å². The number of carbonyl (C=O) groups excluding carboxylic acids is 1. The number of aromatic nitrogens is 1. The fraction of sp³-hybridized carbons (Fsp3) is 0.625. The standard InChI is InChI=1S/C16H25N3O2/c1-2-9-17-15-14(8-3-10-18-15)16(21)19-11-4-6-13(19)7-5-12-20/h3,8,10,13,20H,2,4-7,9,11-12H2,1H3,(H,17,18). The molecule has 21 heavy (non-hydrogen) atoms. The van der Waals surface area contributed by atoms with Crippen molar-refractivity contribution in [2.75, 3.05) is 25.0 Å². The van der Waals surface area contributed by atoms with Gasteiger partial charge in [0.2, 0.25) is 0 Å². The number of hydrogen-bond acceptors (Lipinski definition) is 4. The monoisotopic (exact) mass is 291 g/mol. The van der Waals surface area contributed by atoms with Crippen molar-refractivity contribution in [1.29, 1.82) is 0 Å². The Kier molecular flexibility index (Phi) is 5.99. The lowest BCUT2D eigenvalue weighted by molar-refractivity contribution is 0.0725. The van der Waals surface area contributed by atoms with Gasteiger partial charge in [0.1, 0.15) is 5.82 Å². The molecule has 0 radical (unpaired) electrons. The fourth-order valence-corrected chi connectivity index (χ4v) is 2.85. The highest BCUT2D eigenvalue weighted by Crippen LogP contribution is 2.25. The summed E-state index contributed by atoms with van der Waals surface area (Å²) in [6.07, 6.45) is 6.40. The normalized spacial score (nSPS) is 18.0. The topological polar surface area (TPSA) is 65.5 Å². The van der Waals surface area contributed by atoms with E-state index in [9.17, 15) is 4.79 Å². The maximum absolute atomic E-state index is 12.8. The molecule has 1 amide bonds. The van der Waals surface area contributed by atoms with E-state index in [-0.39, 0.29) is 18.6 Å². The van der Waals surface area contributed by atoms with Gasteiger partial charge in [-0.25, -0.2) is 4.98 Å². The third kappa shape index (κ3) is 3.94. The van der Waals surface area contributed by atoms with Gasteiger partial charge in [0.15, 0.2) is 0 Å². The Labute approximate surface area is 126 Å². The molecule has 0 bridgehead atoms. The Hall–Kier alpha value is -1.62. The molecule has 2 heterocycles. The Bertz CT molecular complexity index is 465. The molecule has 5 heteroatoms. The predicted octanol–water partition coefficient (Wildman–Crippen LogP) is 2.28. The molecule has 0 aliphatic carbocycles. The van der Waals surface area contributed by atoms with Gasteiger partial charge in [-0.15, -0.1) is 0 Å². The zero-order valence-corrected chi connectivity index (χ0v) is 12.7. The van der Waals surface area contributed by atoms with Gasteiger partial charge in [-0.3, -0.25) is 4.79 Å². The van der Waals surface area contributed by atoms with E-state index in [1.165, 1.54) is 0 Å². The highest BCUT2D eigenvalue weighted by atomic mass is 16.3. The molecule has 2 rings (SSSR count). The van der Waals surface area contributed by atoms with Crippen molar-refractivity contribution in [1.82, 2.24) is 9.88 Å². The molecule has 1 aromatic rings. The van der Waals surface area contributed by atoms with E-state index in [1.807, 2.05) is 17.0 Å². The van der Waals surface area contributed by atoms with Crippen molar-refractivity contribution in [2.24, 2.45) is 0 Å². The van der Waals surface area contributed by atoms with Crippen LogP contribution in [-0.4, -0.2) is 46.6 Å². The van der Waals surface area contributed by atoms with Gasteiger partial charge in [0.25, 0.3) is 5.91 Å². The van der Waals surface area contributed by atoms with Crippen LogP contribution < -0.4 is 5.32 Å². The zero-order valence-electron chi connectivity index (χ0n) is 12.7. The van der Waals surface area contributed by atoms with Crippen LogP contribution in [0.3, 0.4) is 0 Å². The number of carbonyl (C=O) groups is 1. The number of aliphatic hydroxyl groups is 1. The number of aliphatic hydroxyl groups excluding tert-OH is 1. The van der Waals surface area contributed by atoms with Crippen LogP contribution in [0.2, 0.25) is 0 Å². The van der Waals surface area contributed by atoms with E-state index in [0.29, 0.717) is 11.4 Å². The second-order valence-corrected chi connectivity index (χ2v) is 5.49. The van der Waals surface area contributed by atoms with Crippen molar-refractivity contribution in [2.45, 2.75) is 45.1 Å². The zero-order chi connectivity index (χ0) is 15.1. The van der Waals surface area contributed by atoms with E-state index in [1.54, 1.807) is 6.20 Å². The molecule has 2 N–H and O–H groups in total. The maximum atomic E-state index is 12.8. The largest absolute Gasteiger partial charge is 0.396 e. The van der Waals surface area contributed by atoms with E-state index >= 15 is 0 Å². The van der Waals surface area contributed by atoms with E-state index in [0.717, 1.165) is 45.2 Å². The summed E-state index contributed by atoms with van der Waals surface area (Å²) in [5.74, 6) is 0.735. The predicted molar refractivity (Wildman–Crippen MR) is 83.4 cm³/mol. The minimum Gasteiger partial charge on any atom is -0.396 e. The average Bonchev–Trinajstić information content (AvgIpc) is 2.99. The van der Waals surface area contributed by atoms with Crippen molar-refractivity contribution < 1.29 is 9.90 Å². The number of amides is 1. The molecule has 1 aliphatic heterocycles. The van der Waals surface area contributed by atoms with Crippen LogP contribution in [0, 0.1) is 0 Å². The Balaban J connectivity index is 2.11. The van der Waals surface area contributed by atoms with Crippen molar-refractivity contribution >= 4 is 11.7 Å². The first kappa shape index (κ1) is 15.8. The van der Waals surface area contributed by atoms with E-state index in [2.05, 4.69) is 17.2 Å². The fourth-order valence-electron chi connectivity index (χ4n) is 2.85. The summed E-state index contributed by atoms with van der Waals surface area (Å²) >= 11 is 0. The molecule has 0 aromatic carbocycles. The first-order valence-corrected chi connectivity index (χ1v) is 7.88. The molecule has 1 atom stereocenters. The quantitative estimate of drug-likeness (QED) is 0.809. The molecular formula is C16H25N3O2. The number of nitrogens with zero attached hydrogens (tertiary/aromatic N) is 2. The van der Waals surface area contributed by atoms with Crippen molar-refractivity contribution in [3.63, 3.8) is 0 Å². The van der Waals surface area contributed by atoms with Gasteiger partial charge in [-0.2, -0.15) is 0 Å². The van der Waals surface area contributed by atoms with Crippen LogP contribution in [0.4, 0.5) is 5.82 Å². The van der Waals surface area contributed by atoms with E-state index < -0.39 is 0 Å². The molecule has 1 saturated heterocycles. The SMILES string of the molecule is CCCNc1ncccc1C(=O)N1CCCC1CCCO. The molecule has 5 nitrogen and oxygen atoms in total. The number of hydrogen-bond donors (Lipinski definition) is 2. The third-order valence-corrected chi connectivity index (χ3v) is 3.91. The maximum Gasteiger partial charge on any atom is 0.257 e. The minimum atomic E-state index is 0.0575. The lowest BCUT2D eigenvalue weighted by Crippen LogP contribution is -2.36. The lowest BCUT2D eigenvalue weighted by atomic mass is 10.1. The van der Waals surface area contributed by atoms with Crippen LogP contribution in [0.25, 0.3) is 0 Å². The number of pyridine rings is 1. The summed E-state index contributed by atoms with van der Waals surface area (Å²) in [6.45, 7) is 3.89. The van der Waals surface area contributed by atoms with Crippen LogP contribution in [0.15, 0.2) is 18.3 Å². The first-order chi connectivity index (χ1) is 10.3. The summed E-state index contributed by atoms with van der Waals surface area (Å²) in [6, 6.07) is 3.90. The second kappa shape index (κ2) is 7.98. The second-order valence-electron chi connectivity index (χ2n) is 5.49. The Morgan fingerprint density at radius 2 is 2.43 bits per heavy atom. The highest BCUT2D eigenvalue weighted by molar-refractivity contribution is 5.99. The first-order valence-electron chi connectivity index (χ1n) is 7.88. The number of anilines is 1. The van der Waals surface area contributed by atoms with Gasteiger partial charge in [-0.1, -0.05) is 6.92 Å². The van der Waals surface area contributed by atoms with Gasteiger partial charge < -0.3 is 15.3 Å². The van der Waals surface area contributed by atoms with Gasteiger partial charge in [-0.05, 0) is 44.2 Å². The number of likely N-dealkylation sites (tertiary alicyclic amines) is 1. The minimum absolute atomic E-state index is 0.0575. The average molecular weight is 291 g/mol. The van der Waals surface area contributed by atoms with E-state index in [4.69, 9.17) is 5.11 Å². The summed E-state index contributed by atoms with van der Waals surface area (Å²) in [4.78, 5) is 19.0. The summed E-state index contributed by atoms with van der Waals surface area (Å²) in [5, 5.41) is 12.2. The van der Waals surface area contributed by atoms with Crippen molar-refractivity contribution in [3.8, 4) is 0 Å². The van der Waals surface area contributed by atoms with Gasteiger partial charge in [0.05, 0.1) is 5.56 Å². The van der Waals surface area contributed by atoms with Crippen LogP contribution in [-0.2, 0) is 0 Å². The smallest absolute Gasteiger partial charge is 0.257 e. The number of nitrogens with one attached hydrogen (secondary N) is 1. The molecule has 1 aromatic heterocycles. The van der Waals surface area contributed by atoms with Crippen molar-refractivity contribution in [3.05, 3.63) is 23.9 Å². The Morgan fingerprint density at radius 1 is 1.57 bits per heavy atom. The molecule has 1 unspecified atom stereocenters. The number of rotatable bonds is 7. The molecule has 1 aliphatic rings. The lowest BCUT2D eigenvalue weighted by Gasteiger charge is -2.25. The molecule has 0 saturated carbocycles. The molecule has 1 fully saturated rings. The van der Waals surface area contributed by atoms with Crippen LogP contribution in [0.5, 0.6) is 0 Å². The Morgan fingerprint density at radius 3 is 3.19 bits per heavy atom. The third-order valence-electron chi connectivity index (χ3n) is 3.91. The summed E-state index contributed by atoms with van der Waals surface area (Å²) in [7, 11) is 0. The summed E-state index contributed by atoms with van der Waals surface area (Å²) in [5.41, 5.74) is 0.654. The van der Waals surface area contributed by atoms with Crippen LogP contribution in [0.1, 0.15) is 49.4 Å². The molecular weight excluding hydrogens is 266 g/mol. The summed E-state index contributed by atoms with van der Waals surface area (Å²) < 4.78 is 0. The molecule has 0 spiro atoms. The highest BCUT2D eigenvalue weighted by Gasteiger charge is 2.30.